The monoisotopic (exact) mass is 186 g/mol. The summed E-state index contributed by atoms with van der Waals surface area (Å²) in [6.45, 7) is 5.87. The van der Waals surface area contributed by atoms with Crippen molar-refractivity contribution in [2.75, 3.05) is 0 Å². The van der Waals surface area contributed by atoms with Crippen molar-refractivity contribution in [3.63, 3.8) is 0 Å². The largest absolute Gasteiger partial charge is 0.347 e. The molecule has 0 unspecified atom stereocenters. The lowest BCUT2D eigenvalue weighted by molar-refractivity contribution is -0.296. The third-order valence-electron chi connectivity index (χ3n) is 2.14. The van der Waals surface area contributed by atoms with E-state index < -0.39 is 5.79 Å². The van der Waals surface area contributed by atoms with E-state index >= 15 is 0 Å². The van der Waals surface area contributed by atoms with E-state index in [2.05, 4.69) is 0 Å². The van der Waals surface area contributed by atoms with Crippen LogP contribution in [0, 0.1) is 0 Å². The summed E-state index contributed by atoms with van der Waals surface area (Å²) >= 11 is 0. The molecule has 0 bridgehead atoms. The molecule has 1 aliphatic heterocycles. The van der Waals surface area contributed by atoms with E-state index in [1.54, 1.807) is 0 Å². The van der Waals surface area contributed by atoms with Gasteiger partial charge in [0.15, 0.2) is 5.79 Å². The summed E-state index contributed by atoms with van der Waals surface area (Å²) in [7, 11) is 0. The molecule has 2 atom stereocenters. The Morgan fingerprint density at radius 1 is 1.46 bits per heavy atom. The molecule has 0 spiro atoms. The fraction of sp³-hybridized carbons (Fsp3) is 0.900. The van der Waals surface area contributed by atoms with Crippen molar-refractivity contribution in [3.8, 4) is 0 Å². The van der Waals surface area contributed by atoms with Crippen LogP contribution in [0.1, 0.15) is 40.0 Å². The predicted octanol–water partition coefficient (Wildman–Crippen LogP) is 1.90. The van der Waals surface area contributed by atoms with Gasteiger partial charge in [0.25, 0.3) is 0 Å². The Bertz CT molecular complexity index is 177. The molecule has 0 N–H and O–H groups in total. The number of aldehydes is 1. The first kappa shape index (κ1) is 10.7. The van der Waals surface area contributed by atoms with Crippen LogP contribution in [-0.2, 0) is 14.3 Å². The smallest absolute Gasteiger partial charge is 0.163 e. The van der Waals surface area contributed by atoms with E-state index in [9.17, 15) is 4.79 Å². The number of ether oxygens (including phenoxy) is 2. The van der Waals surface area contributed by atoms with Crippen molar-refractivity contribution in [2.24, 2.45) is 0 Å². The van der Waals surface area contributed by atoms with Crippen LogP contribution in [0.25, 0.3) is 0 Å². The lowest BCUT2D eigenvalue weighted by Crippen LogP contribution is -2.43. The number of hydrogen-bond donors (Lipinski definition) is 0. The molecule has 1 aliphatic rings. The number of carbonyl (C=O) groups is 1. The summed E-state index contributed by atoms with van der Waals surface area (Å²) in [5.41, 5.74) is 0. The molecule has 3 nitrogen and oxygen atoms in total. The third-order valence-corrected chi connectivity index (χ3v) is 2.14. The highest BCUT2D eigenvalue weighted by atomic mass is 16.7. The first-order chi connectivity index (χ1) is 6.03. The molecule has 0 aromatic carbocycles. The van der Waals surface area contributed by atoms with Crippen LogP contribution in [-0.4, -0.2) is 24.3 Å². The van der Waals surface area contributed by atoms with Gasteiger partial charge in [-0.2, -0.15) is 0 Å². The highest BCUT2D eigenvalue weighted by Crippen LogP contribution is 2.28. The number of hydrogen-bond acceptors (Lipinski definition) is 3. The van der Waals surface area contributed by atoms with Crippen molar-refractivity contribution >= 4 is 6.29 Å². The summed E-state index contributed by atoms with van der Waals surface area (Å²) in [5.74, 6) is -0.495. The topological polar surface area (TPSA) is 35.5 Å². The molecule has 13 heavy (non-hydrogen) atoms. The van der Waals surface area contributed by atoms with Crippen molar-refractivity contribution in [1.29, 1.82) is 0 Å². The van der Waals surface area contributed by atoms with Crippen molar-refractivity contribution in [1.82, 2.24) is 0 Å². The van der Waals surface area contributed by atoms with Gasteiger partial charge >= 0.3 is 0 Å². The first-order valence-electron chi connectivity index (χ1n) is 4.83. The summed E-state index contributed by atoms with van der Waals surface area (Å²) in [6, 6.07) is 0. The Labute approximate surface area is 79.4 Å². The highest BCUT2D eigenvalue weighted by Gasteiger charge is 2.32. The van der Waals surface area contributed by atoms with E-state index in [1.165, 1.54) is 0 Å². The molecule has 0 aromatic heterocycles. The first-order valence-corrected chi connectivity index (χ1v) is 4.83. The quantitative estimate of drug-likeness (QED) is 0.631. The van der Waals surface area contributed by atoms with Crippen LogP contribution in [0.4, 0.5) is 0 Å². The van der Waals surface area contributed by atoms with Crippen molar-refractivity contribution < 1.29 is 14.3 Å². The van der Waals surface area contributed by atoms with Crippen molar-refractivity contribution in [2.45, 2.75) is 58.0 Å². The Hall–Kier alpha value is -0.410. The summed E-state index contributed by atoms with van der Waals surface area (Å²) < 4.78 is 11.2. The molecule has 76 valence electrons. The van der Waals surface area contributed by atoms with Crippen LogP contribution in [0.5, 0.6) is 0 Å². The maximum absolute atomic E-state index is 10.2. The van der Waals surface area contributed by atoms with E-state index in [4.69, 9.17) is 9.47 Å². The Morgan fingerprint density at radius 2 is 2.15 bits per heavy atom. The van der Waals surface area contributed by atoms with Gasteiger partial charge in [0.2, 0.25) is 0 Å². The minimum Gasteiger partial charge on any atom is -0.347 e. The van der Waals surface area contributed by atoms with Gasteiger partial charge in [-0.3, -0.25) is 0 Å². The molecule has 0 aromatic rings. The Balaban J connectivity index is 2.42. The zero-order valence-corrected chi connectivity index (χ0v) is 8.58. The maximum atomic E-state index is 10.2. The molecule has 0 radical (unpaired) electrons. The molecule has 1 fully saturated rings. The van der Waals surface area contributed by atoms with E-state index in [0.717, 1.165) is 19.1 Å². The molecule has 1 saturated heterocycles. The van der Waals surface area contributed by atoms with Crippen LogP contribution in [0.15, 0.2) is 0 Å². The Morgan fingerprint density at radius 3 is 2.69 bits per heavy atom. The second-order valence-electron chi connectivity index (χ2n) is 4.05. The molecule has 0 amide bonds. The predicted molar refractivity (Wildman–Crippen MR) is 49.4 cm³/mol. The molecule has 1 rings (SSSR count). The zero-order valence-electron chi connectivity index (χ0n) is 8.58. The molecule has 0 saturated carbocycles. The second kappa shape index (κ2) is 4.20. The van der Waals surface area contributed by atoms with E-state index in [-0.39, 0.29) is 12.2 Å². The normalized spacial score (nSPS) is 32.8. The summed E-state index contributed by atoms with van der Waals surface area (Å²) in [5, 5.41) is 0. The number of carbonyl (C=O) groups excluding carboxylic acids is 1. The maximum Gasteiger partial charge on any atom is 0.163 e. The van der Waals surface area contributed by atoms with Gasteiger partial charge in [-0.15, -0.1) is 0 Å². The average Bonchev–Trinajstić information content (AvgIpc) is 1.97. The Kier molecular flexibility index (Phi) is 3.45. The van der Waals surface area contributed by atoms with Gasteiger partial charge in [-0.05, 0) is 33.6 Å². The van der Waals surface area contributed by atoms with Gasteiger partial charge in [0.1, 0.15) is 6.29 Å². The fourth-order valence-corrected chi connectivity index (χ4v) is 1.81. The summed E-state index contributed by atoms with van der Waals surface area (Å²) in [4.78, 5) is 10.2. The van der Waals surface area contributed by atoms with Gasteiger partial charge < -0.3 is 14.3 Å². The summed E-state index contributed by atoms with van der Waals surface area (Å²) in [6.07, 6.45) is 3.60. The highest BCUT2D eigenvalue weighted by molar-refractivity contribution is 5.49. The minimum atomic E-state index is -0.495. The van der Waals surface area contributed by atoms with Crippen LogP contribution in [0.2, 0.25) is 0 Å². The van der Waals surface area contributed by atoms with Crippen LogP contribution < -0.4 is 0 Å². The third kappa shape index (κ3) is 3.44. The van der Waals surface area contributed by atoms with E-state index in [0.29, 0.717) is 6.42 Å². The van der Waals surface area contributed by atoms with Gasteiger partial charge in [0, 0.05) is 6.42 Å². The van der Waals surface area contributed by atoms with Gasteiger partial charge in [0.05, 0.1) is 12.2 Å². The average molecular weight is 186 g/mol. The molecular weight excluding hydrogens is 168 g/mol. The van der Waals surface area contributed by atoms with Gasteiger partial charge in [-0.25, -0.2) is 0 Å². The molecule has 1 heterocycles. The lowest BCUT2D eigenvalue weighted by atomic mass is 10.1. The fourth-order valence-electron chi connectivity index (χ4n) is 1.81. The minimum absolute atomic E-state index is 0.170. The lowest BCUT2D eigenvalue weighted by Gasteiger charge is -2.39. The van der Waals surface area contributed by atoms with Crippen LogP contribution in [0.3, 0.4) is 0 Å². The number of rotatable bonds is 3. The van der Waals surface area contributed by atoms with Gasteiger partial charge in [-0.1, -0.05) is 0 Å². The van der Waals surface area contributed by atoms with Crippen molar-refractivity contribution in [3.05, 3.63) is 0 Å². The van der Waals surface area contributed by atoms with Crippen LogP contribution >= 0.6 is 0 Å². The molecule has 3 heteroatoms. The molecule has 0 aliphatic carbocycles. The zero-order chi connectivity index (χ0) is 9.90. The standard InChI is InChI=1S/C10H18O3/c1-8-7-9(5-4-6-11)13-10(2,3)12-8/h6,8-9H,4-5,7H2,1-3H3/t8-,9-/m1/s1. The molecular formula is C10H18O3. The second-order valence-corrected chi connectivity index (χ2v) is 4.05. The SMILES string of the molecule is C[C@@H]1C[C@@H](CCC=O)OC(C)(C)O1. The van der Waals surface area contributed by atoms with E-state index in [1.807, 2.05) is 20.8 Å².